The number of rotatable bonds is 3. The average Bonchev–Trinajstić information content (AvgIpc) is 2.79. The van der Waals surface area contributed by atoms with Gasteiger partial charge in [-0.15, -0.1) is 11.3 Å². The predicted molar refractivity (Wildman–Crippen MR) is 89.5 cm³/mol. The number of aryl methyl sites for hydroxylation is 2. The van der Waals surface area contributed by atoms with E-state index in [2.05, 4.69) is 50.3 Å². The van der Waals surface area contributed by atoms with Gasteiger partial charge in [-0.05, 0) is 74.3 Å². The van der Waals surface area contributed by atoms with Crippen LogP contribution in [0.2, 0.25) is 0 Å². The Balaban J connectivity index is 1.76. The molecule has 0 fully saturated rings. The molecule has 0 radical (unpaired) electrons. The standard InChI is InChI=1S/C19H22S/c1-14-12-19(15(2)20-14)13-16-8-10-18(11-9-16)17-6-4-3-5-7-17/h6,8-12H,3-5,7,13H2,1-2H3. The molecular formula is C19H22S. The molecule has 0 amide bonds. The highest BCUT2D eigenvalue weighted by molar-refractivity contribution is 7.12. The minimum atomic E-state index is 1.06. The summed E-state index contributed by atoms with van der Waals surface area (Å²) in [5, 5.41) is 0. The average molecular weight is 282 g/mol. The largest absolute Gasteiger partial charge is 0.146 e. The van der Waals surface area contributed by atoms with Crippen LogP contribution in [0.15, 0.2) is 36.4 Å². The zero-order valence-electron chi connectivity index (χ0n) is 12.4. The van der Waals surface area contributed by atoms with E-state index in [1.54, 1.807) is 5.57 Å². The summed E-state index contributed by atoms with van der Waals surface area (Å²) in [6.45, 7) is 4.42. The van der Waals surface area contributed by atoms with Crippen LogP contribution in [0.4, 0.5) is 0 Å². The van der Waals surface area contributed by atoms with Crippen molar-refractivity contribution in [2.75, 3.05) is 0 Å². The highest BCUT2D eigenvalue weighted by atomic mass is 32.1. The van der Waals surface area contributed by atoms with Crippen molar-refractivity contribution in [1.29, 1.82) is 0 Å². The third-order valence-electron chi connectivity index (χ3n) is 4.15. The quantitative estimate of drug-likeness (QED) is 0.656. The van der Waals surface area contributed by atoms with Crippen molar-refractivity contribution in [2.45, 2.75) is 46.0 Å². The Labute approximate surface area is 126 Å². The zero-order chi connectivity index (χ0) is 13.9. The van der Waals surface area contributed by atoms with Gasteiger partial charge < -0.3 is 0 Å². The van der Waals surface area contributed by atoms with Crippen LogP contribution in [0, 0.1) is 13.8 Å². The van der Waals surface area contributed by atoms with Crippen LogP contribution in [0.3, 0.4) is 0 Å². The maximum atomic E-state index is 2.42. The van der Waals surface area contributed by atoms with Gasteiger partial charge in [-0.2, -0.15) is 0 Å². The van der Waals surface area contributed by atoms with Crippen LogP contribution in [-0.2, 0) is 6.42 Å². The molecule has 0 bridgehead atoms. The molecule has 1 aromatic carbocycles. The van der Waals surface area contributed by atoms with Gasteiger partial charge in [0.25, 0.3) is 0 Å². The first kappa shape index (κ1) is 13.6. The molecule has 0 spiro atoms. The molecule has 1 aliphatic rings. The molecule has 1 heterocycles. The van der Waals surface area contributed by atoms with E-state index in [4.69, 9.17) is 0 Å². The molecule has 0 nitrogen and oxygen atoms in total. The molecule has 0 aliphatic heterocycles. The molecule has 0 unspecified atom stereocenters. The number of hydrogen-bond acceptors (Lipinski definition) is 1. The van der Waals surface area contributed by atoms with Gasteiger partial charge >= 0.3 is 0 Å². The normalized spacial score (nSPS) is 15.2. The molecule has 2 aromatic rings. The Morgan fingerprint density at radius 2 is 1.85 bits per heavy atom. The lowest BCUT2D eigenvalue weighted by atomic mass is 9.92. The molecule has 1 aromatic heterocycles. The number of thiophene rings is 1. The summed E-state index contributed by atoms with van der Waals surface area (Å²) in [5.74, 6) is 0. The second-order valence-electron chi connectivity index (χ2n) is 5.79. The summed E-state index contributed by atoms with van der Waals surface area (Å²) in [5.41, 5.74) is 5.88. The smallest absolute Gasteiger partial charge is 0.00524 e. The third-order valence-corrected chi connectivity index (χ3v) is 5.16. The number of hydrogen-bond donors (Lipinski definition) is 0. The van der Waals surface area contributed by atoms with Crippen molar-refractivity contribution in [1.82, 2.24) is 0 Å². The molecule has 0 saturated heterocycles. The Kier molecular flexibility index (Phi) is 4.07. The SMILES string of the molecule is Cc1cc(Cc2ccc(C3=CCCCC3)cc2)c(C)s1. The fourth-order valence-corrected chi connectivity index (χ4v) is 3.96. The highest BCUT2D eigenvalue weighted by Crippen LogP contribution is 2.28. The second-order valence-corrected chi connectivity index (χ2v) is 7.25. The summed E-state index contributed by atoms with van der Waals surface area (Å²) in [7, 11) is 0. The maximum Gasteiger partial charge on any atom is 0.00524 e. The van der Waals surface area contributed by atoms with Crippen molar-refractivity contribution < 1.29 is 0 Å². The topological polar surface area (TPSA) is 0 Å². The lowest BCUT2D eigenvalue weighted by Crippen LogP contribution is -1.93. The van der Waals surface area contributed by atoms with E-state index >= 15 is 0 Å². The van der Waals surface area contributed by atoms with Crippen LogP contribution in [-0.4, -0.2) is 0 Å². The Morgan fingerprint density at radius 1 is 1.05 bits per heavy atom. The van der Waals surface area contributed by atoms with Gasteiger partial charge in [-0.1, -0.05) is 30.3 Å². The summed E-state index contributed by atoms with van der Waals surface area (Å²) in [4.78, 5) is 2.88. The highest BCUT2D eigenvalue weighted by Gasteiger charge is 2.07. The zero-order valence-corrected chi connectivity index (χ0v) is 13.2. The first-order valence-electron chi connectivity index (χ1n) is 7.56. The van der Waals surface area contributed by atoms with Crippen molar-refractivity contribution >= 4 is 16.9 Å². The Bertz CT molecular complexity index is 614. The van der Waals surface area contributed by atoms with Crippen molar-refractivity contribution in [2.24, 2.45) is 0 Å². The molecule has 20 heavy (non-hydrogen) atoms. The monoisotopic (exact) mass is 282 g/mol. The van der Waals surface area contributed by atoms with Crippen LogP contribution in [0.1, 0.15) is 52.1 Å². The minimum absolute atomic E-state index is 1.06. The third kappa shape index (κ3) is 3.04. The molecular weight excluding hydrogens is 260 g/mol. The van der Waals surface area contributed by atoms with Crippen molar-refractivity contribution in [3.05, 3.63) is 62.9 Å². The molecule has 0 atom stereocenters. The second kappa shape index (κ2) is 5.97. The van der Waals surface area contributed by atoms with Crippen LogP contribution >= 0.6 is 11.3 Å². The fourth-order valence-electron chi connectivity index (χ4n) is 3.02. The summed E-state index contributed by atoms with van der Waals surface area (Å²) < 4.78 is 0. The van der Waals surface area contributed by atoms with Crippen molar-refractivity contribution in [3.63, 3.8) is 0 Å². The molecule has 1 heteroatoms. The van der Waals surface area contributed by atoms with E-state index in [1.165, 1.54) is 52.1 Å². The molecule has 3 rings (SSSR count). The van der Waals surface area contributed by atoms with Gasteiger partial charge in [-0.3, -0.25) is 0 Å². The summed E-state index contributed by atoms with van der Waals surface area (Å²) in [6, 6.07) is 11.5. The van der Waals surface area contributed by atoms with E-state index < -0.39 is 0 Å². The van der Waals surface area contributed by atoms with Gasteiger partial charge in [-0.25, -0.2) is 0 Å². The minimum Gasteiger partial charge on any atom is -0.146 e. The van der Waals surface area contributed by atoms with E-state index in [-0.39, 0.29) is 0 Å². The van der Waals surface area contributed by atoms with Crippen molar-refractivity contribution in [3.8, 4) is 0 Å². The van der Waals surface area contributed by atoms with E-state index in [0.717, 1.165) is 6.42 Å². The Hall–Kier alpha value is -1.34. The Morgan fingerprint density at radius 3 is 2.45 bits per heavy atom. The fraction of sp³-hybridized carbons (Fsp3) is 0.368. The number of allylic oxidation sites excluding steroid dienone is 2. The van der Waals surface area contributed by atoms with Gasteiger partial charge in [0.2, 0.25) is 0 Å². The maximum absolute atomic E-state index is 2.42. The van der Waals surface area contributed by atoms with E-state index in [1.807, 2.05) is 11.3 Å². The van der Waals surface area contributed by atoms with Crippen LogP contribution in [0.25, 0.3) is 5.57 Å². The predicted octanol–water partition coefficient (Wildman–Crippen LogP) is 5.91. The van der Waals surface area contributed by atoms with Gasteiger partial charge in [0.15, 0.2) is 0 Å². The first-order valence-corrected chi connectivity index (χ1v) is 8.38. The van der Waals surface area contributed by atoms with E-state index in [0.29, 0.717) is 0 Å². The van der Waals surface area contributed by atoms with Gasteiger partial charge in [0.05, 0.1) is 0 Å². The summed E-state index contributed by atoms with van der Waals surface area (Å²) >= 11 is 1.91. The van der Waals surface area contributed by atoms with Gasteiger partial charge in [0.1, 0.15) is 0 Å². The molecule has 0 N–H and O–H groups in total. The van der Waals surface area contributed by atoms with Gasteiger partial charge in [0, 0.05) is 9.75 Å². The summed E-state index contributed by atoms with van der Waals surface area (Å²) in [6.07, 6.45) is 8.70. The van der Waals surface area contributed by atoms with E-state index in [9.17, 15) is 0 Å². The lowest BCUT2D eigenvalue weighted by Gasteiger charge is -2.13. The number of benzene rings is 1. The lowest BCUT2D eigenvalue weighted by molar-refractivity contribution is 0.742. The first-order chi connectivity index (χ1) is 9.72. The van der Waals surface area contributed by atoms with Crippen LogP contribution in [0.5, 0.6) is 0 Å². The molecule has 0 saturated carbocycles. The molecule has 104 valence electrons. The van der Waals surface area contributed by atoms with Crippen LogP contribution < -0.4 is 0 Å². The molecule has 1 aliphatic carbocycles.